The van der Waals surface area contributed by atoms with E-state index in [0.717, 1.165) is 44.5 Å². The number of aromatic nitrogens is 2. The number of likely N-dealkylation sites (tertiary alicyclic amines) is 1. The Morgan fingerprint density at radius 2 is 2.10 bits per heavy atom. The molecule has 6 nitrogen and oxygen atoms in total. The van der Waals surface area contributed by atoms with E-state index in [0.29, 0.717) is 18.3 Å². The van der Waals surface area contributed by atoms with Crippen molar-refractivity contribution in [3.63, 3.8) is 0 Å². The van der Waals surface area contributed by atoms with E-state index >= 15 is 0 Å². The second kappa shape index (κ2) is 9.83. The van der Waals surface area contributed by atoms with Crippen LogP contribution < -0.4 is 5.32 Å². The Labute approximate surface area is 172 Å². The van der Waals surface area contributed by atoms with Gasteiger partial charge < -0.3 is 9.84 Å². The second-order valence-electron chi connectivity index (χ2n) is 8.10. The Bertz CT molecular complexity index is 830. The number of carbonyl (C=O) groups is 1. The molecule has 1 saturated heterocycles. The van der Waals surface area contributed by atoms with Crippen molar-refractivity contribution in [3.8, 4) is 11.4 Å². The molecular formula is C23H30N4O2. The number of piperidine rings is 1. The average Bonchev–Trinajstić information content (AvgIpc) is 3.24. The first-order valence-electron chi connectivity index (χ1n) is 10.8. The Hall–Kier alpha value is -2.47. The molecule has 2 heterocycles. The number of rotatable bonds is 7. The minimum Gasteiger partial charge on any atom is -0.356 e. The van der Waals surface area contributed by atoms with E-state index < -0.39 is 0 Å². The average molecular weight is 395 g/mol. The number of nitrogens with zero attached hydrogens (tertiary/aromatic N) is 3. The van der Waals surface area contributed by atoms with Gasteiger partial charge in [-0.3, -0.25) is 9.69 Å². The van der Waals surface area contributed by atoms with E-state index in [-0.39, 0.29) is 11.8 Å². The predicted octanol–water partition coefficient (Wildman–Crippen LogP) is 3.96. The topological polar surface area (TPSA) is 71.3 Å². The normalized spacial score (nSPS) is 20.3. The zero-order valence-corrected chi connectivity index (χ0v) is 17.0. The third kappa shape index (κ3) is 5.54. The lowest BCUT2D eigenvalue weighted by Crippen LogP contribution is -2.43. The first kappa shape index (κ1) is 19.8. The van der Waals surface area contributed by atoms with Crippen LogP contribution in [-0.2, 0) is 11.3 Å². The maximum atomic E-state index is 12.6. The molecule has 1 aromatic heterocycles. The fourth-order valence-electron chi connectivity index (χ4n) is 4.25. The van der Waals surface area contributed by atoms with Crippen molar-refractivity contribution in [1.82, 2.24) is 20.4 Å². The molecular weight excluding hydrogens is 364 g/mol. The van der Waals surface area contributed by atoms with Crippen LogP contribution in [0.25, 0.3) is 11.4 Å². The number of allylic oxidation sites excluding steroid dienone is 1. The summed E-state index contributed by atoms with van der Waals surface area (Å²) in [5, 5.41) is 7.25. The van der Waals surface area contributed by atoms with Gasteiger partial charge in [-0.15, -0.1) is 0 Å². The molecule has 0 bridgehead atoms. The van der Waals surface area contributed by atoms with Crippen LogP contribution in [0.5, 0.6) is 0 Å². The standard InChI is InChI=1S/C23H30N4O2/c28-23(24-14-13-18-8-3-1-4-9-18)20-12-7-15-27(16-20)17-21-25-22(26-29-21)19-10-5-2-6-11-19/h2,5-6,8,10-11,20H,1,3-4,7,9,12-17H2,(H,24,28). The molecule has 29 heavy (non-hydrogen) atoms. The van der Waals surface area contributed by atoms with Crippen molar-refractivity contribution in [2.24, 2.45) is 5.92 Å². The minimum atomic E-state index is 0.0422. The van der Waals surface area contributed by atoms with Crippen molar-refractivity contribution in [3.05, 3.63) is 47.9 Å². The van der Waals surface area contributed by atoms with Crippen LogP contribution in [0, 0.1) is 5.92 Å². The summed E-state index contributed by atoms with van der Waals surface area (Å²) >= 11 is 0. The van der Waals surface area contributed by atoms with Crippen LogP contribution in [0.15, 0.2) is 46.5 Å². The van der Waals surface area contributed by atoms with Gasteiger partial charge in [0.15, 0.2) is 0 Å². The molecule has 1 aliphatic heterocycles. The third-order valence-corrected chi connectivity index (χ3v) is 5.87. The van der Waals surface area contributed by atoms with Gasteiger partial charge in [-0.05, 0) is 51.5 Å². The second-order valence-corrected chi connectivity index (χ2v) is 8.10. The summed E-state index contributed by atoms with van der Waals surface area (Å²) in [6.45, 7) is 3.05. The largest absolute Gasteiger partial charge is 0.356 e. The minimum absolute atomic E-state index is 0.0422. The van der Waals surface area contributed by atoms with Crippen LogP contribution in [0.3, 0.4) is 0 Å². The molecule has 1 fully saturated rings. The van der Waals surface area contributed by atoms with E-state index in [2.05, 4.69) is 26.4 Å². The number of nitrogens with one attached hydrogen (secondary N) is 1. The SMILES string of the molecule is O=C(NCCC1=CCCCC1)C1CCCN(Cc2nc(-c3ccccc3)no2)C1. The molecule has 1 atom stereocenters. The lowest BCUT2D eigenvalue weighted by atomic mass is 9.96. The summed E-state index contributed by atoms with van der Waals surface area (Å²) in [7, 11) is 0. The van der Waals surface area contributed by atoms with Gasteiger partial charge in [0.2, 0.25) is 17.6 Å². The molecule has 0 spiro atoms. The number of carbonyl (C=O) groups excluding carboxylic acids is 1. The highest BCUT2D eigenvalue weighted by Crippen LogP contribution is 2.21. The number of amides is 1. The van der Waals surface area contributed by atoms with Gasteiger partial charge in [-0.1, -0.05) is 47.1 Å². The van der Waals surface area contributed by atoms with Crippen LogP contribution in [0.2, 0.25) is 0 Å². The van der Waals surface area contributed by atoms with Crippen molar-refractivity contribution in [1.29, 1.82) is 0 Å². The van der Waals surface area contributed by atoms with Gasteiger partial charge in [0.1, 0.15) is 0 Å². The lowest BCUT2D eigenvalue weighted by molar-refractivity contribution is -0.126. The van der Waals surface area contributed by atoms with Crippen LogP contribution in [-0.4, -0.2) is 40.6 Å². The van der Waals surface area contributed by atoms with E-state index in [1.807, 2.05) is 30.3 Å². The van der Waals surface area contributed by atoms with Crippen molar-refractivity contribution in [2.75, 3.05) is 19.6 Å². The first-order chi connectivity index (χ1) is 14.3. The highest BCUT2D eigenvalue weighted by molar-refractivity contribution is 5.78. The predicted molar refractivity (Wildman–Crippen MR) is 112 cm³/mol. The molecule has 2 aliphatic rings. The zero-order valence-electron chi connectivity index (χ0n) is 17.0. The summed E-state index contributed by atoms with van der Waals surface area (Å²) in [6, 6.07) is 9.84. The van der Waals surface area contributed by atoms with Gasteiger partial charge in [0, 0.05) is 18.7 Å². The summed E-state index contributed by atoms with van der Waals surface area (Å²) in [5.41, 5.74) is 2.46. The van der Waals surface area contributed by atoms with Gasteiger partial charge >= 0.3 is 0 Å². The van der Waals surface area contributed by atoms with Crippen molar-refractivity contribution in [2.45, 2.75) is 51.5 Å². The fourth-order valence-corrected chi connectivity index (χ4v) is 4.25. The molecule has 4 rings (SSSR count). The Morgan fingerprint density at radius 1 is 1.21 bits per heavy atom. The Kier molecular flexibility index (Phi) is 6.72. The van der Waals surface area contributed by atoms with Gasteiger partial charge in [0.25, 0.3) is 0 Å². The van der Waals surface area contributed by atoms with Crippen LogP contribution in [0.4, 0.5) is 0 Å². The van der Waals surface area contributed by atoms with E-state index in [1.165, 1.54) is 31.3 Å². The van der Waals surface area contributed by atoms with E-state index in [9.17, 15) is 4.79 Å². The Morgan fingerprint density at radius 3 is 2.93 bits per heavy atom. The third-order valence-electron chi connectivity index (χ3n) is 5.87. The van der Waals surface area contributed by atoms with Crippen LogP contribution >= 0.6 is 0 Å². The zero-order chi connectivity index (χ0) is 19.9. The van der Waals surface area contributed by atoms with Gasteiger partial charge in [-0.2, -0.15) is 4.98 Å². The van der Waals surface area contributed by atoms with Crippen molar-refractivity contribution >= 4 is 5.91 Å². The van der Waals surface area contributed by atoms with Gasteiger partial charge in [-0.25, -0.2) is 0 Å². The monoisotopic (exact) mass is 394 g/mol. The quantitative estimate of drug-likeness (QED) is 0.720. The molecule has 0 radical (unpaired) electrons. The maximum absolute atomic E-state index is 12.6. The highest BCUT2D eigenvalue weighted by atomic mass is 16.5. The maximum Gasteiger partial charge on any atom is 0.241 e. The number of hydrogen-bond acceptors (Lipinski definition) is 5. The number of hydrogen-bond donors (Lipinski definition) is 1. The van der Waals surface area contributed by atoms with Crippen molar-refractivity contribution < 1.29 is 9.32 Å². The molecule has 154 valence electrons. The lowest BCUT2D eigenvalue weighted by Gasteiger charge is -2.30. The fraction of sp³-hybridized carbons (Fsp3) is 0.522. The molecule has 6 heteroatoms. The summed E-state index contributed by atoms with van der Waals surface area (Å²) in [5.74, 6) is 1.44. The molecule has 0 saturated carbocycles. The summed E-state index contributed by atoms with van der Waals surface area (Å²) in [4.78, 5) is 19.4. The van der Waals surface area contributed by atoms with E-state index in [4.69, 9.17) is 4.52 Å². The van der Waals surface area contributed by atoms with Gasteiger partial charge in [0.05, 0.1) is 12.5 Å². The molecule has 2 aromatic rings. The van der Waals surface area contributed by atoms with E-state index in [1.54, 1.807) is 0 Å². The molecule has 1 unspecified atom stereocenters. The molecule has 1 aliphatic carbocycles. The number of benzene rings is 1. The molecule has 1 amide bonds. The summed E-state index contributed by atoms with van der Waals surface area (Å²) < 4.78 is 5.44. The molecule has 1 N–H and O–H groups in total. The summed E-state index contributed by atoms with van der Waals surface area (Å²) in [6.07, 6.45) is 10.3. The highest BCUT2D eigenvalue weighted by Gasteiger charge is 2.26. The smallest absolute Gasteiger partial charge is 0.241 e. The first-order valence-corrected chi connectivity index (χ1v) is 10.8. The molecule has 1 aromatic carbocycles. The Balaban J connectivity index is 1.25. The van der Waals surface area contributed by atoms with Crippen LogP contribution in [0.1, 0.15) is 50.8 Å².